The molecule has 2 aromatic rings. The first-order chi connectivity index (χ1) is 9.79. The smallest absolute Gasteiger partial charge is 0.338 e. The van der Waals surface area contributed by atoms with Gasteiger partial charge in [0.05, 0.1) is 11.8 Å². The molecule has 0 radical (unpaired) electrons. The lowest BCUT2D eigenvalue weighted by Crippen LogP contribution is -2.04. The number of ether oxygens (including phenoxy) is 2. The highest BCUT2D eigenvalue weighted by atomic mass is 16.5. The largest absolute Gasteiger partial charge is 0.497 e. The Hall–Kier alpha value is -2.55. The summed E-state index contributed by atoms with van der Waals surface area (Å²) in [5, 5.41) is 0. The minimum Gasteiger partial charge on any atom is -0.497 e. The second kappa shape index (κ2) is 7.14. The zero-order chi connectivity index (χ0) is 14.2. The van der Waals surface area contributed by atoms with E-state index in [1.165, 1.54) is 6.26 Å². The van der Waals surface area contributed by atoms with Gasteiger partial charge in [-0.25, -0.2) is 4.79 Å². The van der Waals surface area contributed by atoms with Crippen LogP contribution in [-0.4, -0.2) is 5.97 Å². The van der Waals surface area contributed by atoms with Crippen molar-refractivity contribution in [2.24, 2.45) is 0 Å². The van der Waals surface area contributed by atoms with E-state index in [1.54, 1.807) is 12.1 Å². The molecule has 102 valence electrons. The van der Waals surface area contributed by atoms with Gasteiger partial charge in [-0.05, 0) is 23.3 Å². The van der Waals surface area contributed by atoms with Crippen molar-refractivity contribution in [2.45, 2.75) is 13.2 Å². The fourth-order valence-electron chi connectivity index (χ4n) is 1.69. The fourth-order valence-corrected chi connectivity index (χ4v) is 1.69. The molecule has 3 heteroatoms. The van der Waals surface area contributed by atoms with E-state index in [4.69, 9.17) is 9.47 Å². The topological polar surface area (TPSA) is 35.5 Å². The van der Waals surface area contributed by atoms with Crippen molar-refractivity contribution in [3.63, 3.8) is 0 Å². The van der Waals surface area contributed by atoms with E-state index < -0.39 is 0 Å². The normalized spacial score (nSPS) is 9.80. The summed E-state index contributed by atoms with van der Waals surface area (Å²) >= 11 is 0. The zero-order valence-electron chi connectivity index (χ0n) is 11.1. The maximum Gasteiger partial charge on any atom is 0.338 e. The lowest BCUT2D eigenvalue weighted by atomic mass is 10.1. The molecule has 0 aromatic heterocycles. The highest BCUT2D eigenvalue weighted by molar-refractivity contribution is 5.89. The predicted octanol–water partition coefficient (Wildman–Crippen LogP) is 3.70. The highest BCUT2D eigenvalue weighted by Crippen LogP contribution is 2.09. The minimum absolute atomic E-state index is 0.260. The van der Waals surface area contributed by atoms with Gasteiger partial charge in [0, 0.05) is 0 Å². The van der Waals surface area contributed by atoms with Crippen molar-refractivity contribution >= 4 is 5.97 Å². The van der Waals surface area contributed by atoms with Crippen LogP contribution in [0, 0.1) is 0 Å². The lowest BCUT2D eigenvalue weighted by Gasteiger charge is -2.06. The predicted molar refractivity (Wildman–Crippen MR) is 77.0 cm³/mol. The van der Waals surface area contributed by atoms with Gasteiger partial charge in [0.15, 0.2) is 0 Å². The molecule has 2 aromatic carbocycles. The van der Waals surface area contributed by atoms with Crippen LogP contribution in [0.15, 0.2) is 67.4 Å². The van der Waals surface area contributed by atoms with Crippen molar-refractivity contribution in [2.75, 3.05) is 0 Å². The average Bonchev–Trinajstić information content (AvgIpc) is 2.52. The van der Waals surface area contributed by atoms with E-state index in [0.717, 1.165) is 11.1 Å². The summed E-state index contributed by atoms with van der Waals surface area (Å²) in [6.07, 6.45) is 1.41. The number of hydrogen-bond acceptors (Lipinski definition) is 3. The second-order valence-corrected chi connectivity index (χ2v) is 4.24. The first-order valence-electron chi connectivity index (χ1n) is 6.32. The van der Waals surface area contributed by atoms with E-state index in [1.807, 2.05) is 42.5 Å². The summed E-state index contributed by atoms with van der Waals surface area (Å²) < 4.78 is 10.3. The molecule has 0 aliphatic rings. The molecule has 0 heterocycles. The number of benzene rings is 2. The number of hydrogen-bond donors (Lipinski definition) is 0. The summed E-state index contributed by atoms with van der Waals surface area (Å²) in [5.41, 5.74) is 2.54. The van der Waals surface area contributed by atoms with Crippen LogP contribution >= 0.6 is 0 Å². The Morgan fingerprint density at radius 3 is 2.15 bits per heavy atom. The van der Waals surface area contributed by atoms with E-state index in [2.05, 4.69) is 6.58 Å². The maximum atomic E-state index is 11.8. The molecule has 0 unspecified atom stereocenters. The van der Waals surface area contributed by atoms with Crippen LogP contribution in [0.25, 0.3) is 0 Å². The summed E-state index contributed by atoms with van der Waals surface area (Å²) in [6.45, 7) is 4.25. The van der Waals surface area contributed by atoms with Crippen molar-refractivity contribution < 1.29 is 14.3 Å². The Morgan fingerprint density at radius 1 is 0.950 bits per heavy atom. The third-order valence-electron chi connectivity index (χ3n) is 2.77. The Labute approximate surface area is 118 Å². The molecule has 0 aliphatic carbocycles. The van der Waals surface area contributed by atoms with E-state index >= 15 is 0 Å². The van der Waals surface area contributed by atoms with Crippen LogP contribution in [0.4, 0.5) is 0 Å². The molecule has 3 nitrogen and oxygen atoms in total. The SMILES string of the molecule is C=COCc1ccc(COC(=O)c2ccccc2)cc1. The van der Waals surface area contributed by atoms with Gasteiger partial charge in [0.25, 0.3) is 0 Å². The number of rotatable bonds is 6. The monoisotopic (exact) mass is 268 g/mol. The average molecular weight is 268 g/mol. The molecule has 0 saturated heterocycles. The van der Waals surface area contributed by atoms with Gasteiger partial charge in [0.1, 0.15) is 13.2 Å². The molecule has 20 heavy (non-hydrogen) atoms. The Balaban J connectivity index is 1.88. The standard InChI is InChI=1S/C17H16O3/c1-2-19-12-14-8-10-15(11-9-14)13-20-17(18)16-6-4-3-5-7-16/h2-11H,1,12-13H2. The first-order valence-corrected chi connectivity index (χ1v) is 6.32. The van der Waals surface area contributed by atoms with Crippen LogP contribution in [0.3, 0.4) is 0 Å². The highest BCUT2D eigenvalue weighted by Gasteiger charge is 2.06. The molecule has 0 N–H and O–H groups in total. The third kappa shape index (κ3) is 3.99. The fraction of sp³-hybridized carbons (Fsp3) is 0.118. The molecular formula is C17H16O3. The third-order valence-corrected chi connectivity index (χ3v) is 2.77. The Kier molecular flexibility index (Phi) is 4.95. The summed E-state index contributed by atoms with van der Waals surface area (Å²) in [5.74, 6) is -0.315. The molecular weight excluding hydrogens is 252 g/mol. The summed E-state index contributed by atoms with van der Waals surface area (Å²) in [4.78, 5) is 11.8. The quantitative estimate of drug-likeness (QED) is 0.592. The summed E-state index contributed by atoms with van der Waals surface area (Å²) in [6, 6.07) is 16.7. The lowest BCUT2D eigenvalue weighted by molar-refractivity contribution is 0.0472. The van der Waals surface area contributed by atoms with Crippen LogP contribution in [0.2, 0.25) is 0 Å². The van der Waals surface area contributed by atoms with Gasteiger partial charge in [-0.3, -0.25) is 0 Å². The van der Waals surface area contributed by atoms with Crippen molar-refractivity contribution in [3.8, 4) is 0 Å². The van der Waals surface area contributed by atoms with Crippen molar-refractivity contribution in [3.05, 3.63) is 84.1 Å². The minimum atomic E-state index is -0.315. The molecule has 0 saturated carbocycles. The van der Waals surface area contributed by atoms with Gasteiger partial charge in [0.2, 0.25) is 0 Å². The van der Waals surface area contributed by atoms with E-state index in [-0.39, 0.29) is 12.6 Å². The summed E-state index contributed by atoms with van der Waals surface area (Å²) in [7, 11) is 0. The van der Waals surface area contributed by atoms with Crippen LogP contribution in [0.5, 0.6) is 0 Å². The molecule has 0 amide bonds. The maximum absolute atomic E-state index is 11.8. The Morgan fingerprint density at radius 2 is 1.55 bits per heavy atom. The molecule has 0 spiro atoms. The Bertz CT molecular complexity index is 559. The van der Waals surface area contributed by atoms with Gasteiger partial charge in [-0.1, -0.05) is 49.0 Å². The van der Waals surface area contributed by atoms with Crippen LogP contribution in [-0.2, 0) is 22.7 Å². The molecule has 0 bridgehead atoms. The molecule has 0 aliphatic heterocycles. The van der Waals surface area contributed by atoms with Crippen molar-refractivity contribution in [1.82, 2.24) is 0 Å². The van der Waals surface area contributed by atoms with Crippen LogP contribution < -0.4 is 0 Å². The second-order valence-electron chi connectivity index (χ2n) is 4.24. The number of esters is 1. The van der Waals surface area contributed by atoms with Gasteiger partial charge in [-0.15, -0.1) is 0 Å². The zero-order valence-corrected chi connectivity index (χ0v) is 11.1. The first kappa shape index (κ1) is 13.9. The van der Waals surface area contributed by atoms with Crippen molar-refractivity contribution in [1.29, 1.82) is 0 Å². The van der Waals surface area contributed by atoms with Crippen LogP contribution in [0.1, 0.15) is 21.5 Å². The van der Waals surface area contributed by atoms with Gasteiger partial charge in [-0.2, -0.15) is 0 Å². The molecule has 2 rings (SSSR count). The molecule has 0 atom stereocenters. The number of carbonyl (C=O) groups excluding carboxylic acids is 1. The van der Waals surface area contributed by atoms with E-state index in [9.17, 15) is 4.79 Å². The van der Waals surface area contributed by atoms with E-state index in [0.29, 0.717) is 12.2 Å². The van der Waals surface area contributed by atoms with Gasteiger partial charge < -0.3 is 9.47 Å². The number of carbonyl (C=O) groups is 1. The van der Waals surface area contributed by atoms with Gasteiger partial charge >= 0.3 is 5.97 Å². The molecule has 0 fully saturated rings.